The van der Waals surface area contributed by atoms with Crippen molar-refractivity contribution in [2.75, 3.05) is 23.4 Å². The molecule has 3 N–H and O–H groups in total. The molecule has 0 aliphatic carbocycles. The van der Waals surface area contributed by atoms with Gasteiger partial charge in [0.05, 0.1) is 11.3 Å². The van der Waals surface area contributed by atoms with Gasteiger partial charge in [0.1, 0.15) is 5.75 Å². The van der Waals surface area contributed by atoms with Crippen molar-refractivity contribution in [1.82, 2.24) is 0 Å². The van der Waals surface area contributed by atoms with Gasteiger partial charge in [0.2, 0.25) is 0 Å². The van der Waals surface area contributed by atoms with Crippen LogP contribution in [0.3, 0.4) is 0 Å². The predicted octanol–water partition coefficient (Wildman–Crippen LogP) is 3.85. The Morgan fingerprint density at radius 2 is 1.81 bits per heavy atom. The highest BCUT2D eigenvalue weighted by Crippen LogP contribution is 2.32. The van der Waals surface area contributed by atoms with Crippen LogP contribution in [0.15, 0.2) is 60.0 Å². The molecule has 0 spiro atoms. The Balaban J connectivity index is 1.46. The lowest BCUT2D eigenvalue weighted by molar-refractivity contribution is -0.119. The lowest BCUT2D eigenvalue weighted by atomic mass is 10.1. The molecule has 0 saturated carbocycles. The maximum atomic E-state index is 13.1. The fraction of sp³-hybridized carbons (Fsp3) is 0.208. The molecule has 3 amide bonds. The number of fused-ring (bicyclic) bond motifs is 1. The van der Waals surface area contributed by atoms with Crippen molar-refractivity contribution >= 4 is 40.4 Å². The zero-order chi connectivity index (χ0) is 22.5. The minimum Gasteiger partial charge on any atom is -0.483 e. The summed E-state index contributed by atoms with van der Waals surface area (Å²) in [6.07, 6.45) is 3.05. The van der Waals surface area contributed by atoms with Gasteiger partial charge in [0.25, 0.3) is 17.7 Å². The summed E-state index contributed by atoms with van der Waals surface area (Å²) < 4.78 is 5.32. The minimum absolute atomic E-state index is 0.0466. The highest BCUT2D eigenvalue weighted by Gasteiger charge is 2.23. The lowest BCUT2D eigenvalue weighted by Crippen LogP contribution is -2.31. The van der Waals surface area contributed by atoms with Gasteiger partial charge in [0, 0.05) is 22.7 Å². The third-order valence-corrected chi connectivity index (χ3v) is 6.15. The minimum atomic E-state index is -0.626. The van der Waals surface area contributed by atoms with Gasteiger partial charge >= 0.3 is 0 Å². The molecular formula is C24H23N3O4S. The number of hydrogen-bond donors (Lipinski definition) is 2. The molecular weight excluding hydrogens is 426 g/mol. The van der Waals surface area contributed by atoms with Crippen LogP contribution >= 0.6 is 11.3 Å². The van der Waals surface area contributed by atoms with E-state index in [0.29, 0.717) is 17.8 Å². The van der Waals surface area contributed by atoms with Crippen molar-refractivity contribution in [3.8, 4) is 5.75 Å². The van der Waals surface area contributed by atoms with E-state index in [1.54, 1.807) is 59.9 Å². The zero-order valence-corrected chi connectivity index (χ0v) is 18.2. The van der Waals surface area contributed by atoms with Crippen LogP contribution < -0.4 is 20.7 Å². The summed E-state index contributed by atoms with van der Waals surface area (Å²) >= 11 is 1.69. The standard InChI is InChI=1S/C24H23N3O4S/c25-22(28)15-31-20-6-2-1-5-18(20)23(29)26-17-10-8-16(9-11-17)24(30)27-13-4-3-7-21-19(27)12-14-32-21/h1-2,5-6,8-12,14H,3-4,7,13,15H2,(H2,25,28)(H,26,29). The number of ether oxygens (including phenoxy) is 1. The number of thiophene rings is 1. The summed E-state index contributed by atoms with van der Waals surface area (Å²) in [6.45, 7) is 0.382. The molecule has 0 atom stereocenters. The third kappa shape index (κ3) is 4.81. The average molecular weight is 450 g/mol. The van der Waals surface area contributed by atoms with Crippen LogP contribution in [0.4, 0.5) is 11.4 Å². The number of benzene rings is 2. The van der Waals surface area contributed by atoms with Crippen LogP contribution in [-0.2, 0) is 11.2 Å². The first-order valence-corrected chi connectivity index (χ1v) is 11.2. The number of rotatable bonds is 6. The number of nitrogens with zero attached hydrogens (tertiary/aromatic N) is 1. The molecule has 1 aliphatic rings. The van der Waals surface area contributed by atoms with Crippen molar-refractivity contribution in [3.63, 3.8) is 0 Å². The highest BCUT2D eigenvalue weighted by atomic mass is 32.1. The van der Waals surface area contributed by atoms with Crippen molar-refractivity contribution < 1.29 is 19.1 Å². The van der Waals surface area contributed by atoms with Crippen LogP contribution in [0, 0.1) is 0 Å². The zero-order valence-electron chi connectivity index (χ0n) is 17.4. The van der Waals surface area contributed by atoms with E-state index in [1.807, 2.05) is 16.3 Å². The van der Waals surface area contributed by atoms with Crippen LogP contribution in [-0.4, -0.2) is 30.9 Å². The Hall–Kier alpha value is -3.65. The van der Waals surface area contributed by atoms with E-state index < -0.39 is 5.91 Å². The number of primary amides is 1. The van der Waals surface area contributed by atoms with E-state index in [1.165, 1.54) is 4.88 Å². The van der Waals surface area contributed by atoms with Gasteiger partial charge in [0.15, 0.2) is 6.61 Å². The van der Waals surface area contributed by atoms with E-state index >= 15 is 0 Å². The van der Waals surface area contributed by atoms with Gasteiger partial charge in [-0.3, -0.25) is 14.4 Å². The highest BCUT2D eigenvalue weighted by molar-refractivity contribution is 7.10. The predicted molar refractivity (Wildman–Crippen MR) is 124 cm³/mol. The summed E-state index contributed by atoms with van der Waals surface area (Å²) in [7, 11) is 0. The van der Waals surface area contributed by atoms with Gasteiger partial charge in [-0.05, 0) is 67.1 Å². The SMILES string of the molecule is NC(=O)COc1ccccc1C(=O)Nc1ccc(C(=O)N2CCCCc3sccc32)cc1. The van der Waals surface area contributed by atoms with E-state index in [4.69, 9.17) is 10.5 Å². The second kappa shape index (κ2) is 9.65. The summed E-state index contributed by atoms with van der Waals surface area (Å²) in [4.78, 5) is 39.9. The van der Waals surface area contributed by atoms with Crippen LogP contribution in [0.1, 0.15) is 38.4 Å². The molecule has 2 aromatic carbocycles. The normalized spacial score (nSPS) is 13.1. The number of amides is 3. The fourth-order valence-corrected chi connectivity index (χ4v) is 4.55. The molecule has 0 unspecified atom stereocenters. The number of aryl methyl sites for hydroxylation is 1. The van der Waals surface area contributed by atoms with Crippen molar-refractivity contribution in [2.45, 2.75) is 19.3 Å². The Bertz CT molecular complexity index is 1140. The summed E-state index contributed by atoms with van der Waals surface area (Å²) in [5.74, 6) is -0.794. The largest absolute Gasteiger partial charge is 0.483 e. The Labute approximate surface area is 189 Å². The third-order valence-electron chi connectivity index (χ3n) is 5.18. The number of nitrogens with two attached hydrogens (primary N) is 1. The van der Waals surface area contributed by atoms with Crippen LogP contribution in [0.25, 0.3) is 0 Å². The van der Waals surface area contributed by atoms with Crippen molar-refractivity contribution in [2.24, 2.45) is 5.73 Å². The van der Waals surface area contributed by atoms with E-state index in [9.17, 15) is 14.4 Å². The summed E-state index contributed by atoms with van der Waals surface area (Å²) in [5.41, 5.74) is 7.51. The maximum Gasteiger partial charge on any atom is 0.259 e. The average Bonchev–Trinajstić information content (AvgIpc) is 3.17. The first-order chi connectivity index (χ1) is 15.5. The number of anilines is 2. The van der Waals surface area contributed by atoms with Crippen LogP contribution in [0.5, 0.6) is 5.75 Å². The van der Waals surface area contributed by atoms with Crippen molar-refractivity contribution in [1.29, 1.82) is 0 Å². The second-order valence-electron chi connectivity index (χ2n) is 7.43. The molecule has 1 aromatic heterocycles. The first kappa shape index (κ1) is 21.6. The number of carbonyl (C=O) groups is 3. The quantitative estimate of drug-likeness (QED) is 0.597. The molecule has 4 rings (SSSR count). The Morgan fingerprint density at radius 3 is 2.59 bits per heavy atom. The lowest BCUT2D eigenvalue weighted by Gasteiger charge is -2.21. The molecule has 0 radical (unpaired) electrons. The number of carbonyl (C=O) groups excluding carboxylic acids is 3. The molecule has 0 fully saturated rings. The van der Waals surface area contributed by atoms with Gasteiger partial charge in [-0.15, -0.1) is 11.3 Å². The first-order valence-electron chi connectivity index (χ1n) is 10.3. The Kier molecular flexibility index (Phi) is 6.51. The topological polar surface area (TPSA) is 102 Å². The monoisotopic (exact) mass is 449 g/mol. The van der Waals surface area contributed by atoms with E-state index in [0.717, 1.165) is 24.9 Å². The molecule has 32 heavy (non-hydrogen) atoms. The second-order valence-corrected chi connectivity index (χ2v) is 8.43. The summed E-state index contributed by atoms with van der Waals surface area (Å²) in [6, 6.07) is 15.4. The smallest absolute Gasteiger partial charge is 0.259 e. The van der Waals surface area contributed by atoms with Gasteiger partial charge < -0.3 is 20.7 Å². The molecule has 0 saturated heterocycles. The maximum absolute atomic E-state index is 13.1. The molecule has 0 bridgehead atoms. The van der Waals surface area contributed by atoms with Crippen molar-refractivity contribution in [3.05, 3.63) is 76.0 Å². The fourth-order valence-electron chi connectivity index (χ4n) is 3.63. The van der Waals surface area contributed by atoms with Gasteiger partial charge in [-0.25, -0.2) is 0 Å². The molecule has 3 aromatic rings. The van der Waals surface area contributed by atoms with Gasteiger partial charge in [-0.1, -0.05) is 12.1 Å². The number of nitrogens with one attached hydrogen (secondary N) is 1. The molecule has 1 aliphatic heterocycles. The number of para-hydroxylation sites is 1. The molecule has 8 heteroatoms. The number of hydrogen-bond acceptors (Lipinski definition) is 5. The van der Waals surface area contributed by atoms with Crippen LogP contribution in [0.2, 0.25) is 0 Å². The molecule has 2 heterocycles. The molecule has 164 valence electrons. The van der Waals surface area contributed by atoms with E-state index in [-0.39, 0.29) is 29.7 Å². The molecule has 7 nitrogen and oxygen atoms in total. The Morgan fingerprint density at radius 1 is 1.03 bits per heavy atom. The summed E-state index contributed by atoms with van der Waals surface area (Å²) in [5, 5.41) is 4.82. The van der Waals surface area contributed by atoms with Gasteiger partial charge in [-0.2, -0.15) is 0 Å². The van der Waals surface area contributed by atoms with E-state index in [2.05, 4.69) is 5.32 Å².